The molecule has 0 spiro atoms. The van der Waals surface area contributed by atoms with Crippen molar-refractivity contribution in [3.05, 3.63) is 29.3 Å². The molecule has 0 aliphatic heterocycles. The van der Waals surface area contributed by atoms with Crippen molar-refractivity contribution in [2.24, 2.45) is 5.10 Å². The van der Waals surface area contributed by atoms with Gasteiger partial charge in [0.25, 0.3) is 0 Å². The molecule has 16 heavy (non-hydrogen) atoms. The molecular weight excluding hydrogens is 251 g/mol. The van der Waals surface area contributed by atoms with Crippen LogP contribution in [0.2, 0.25) is 5.02 Å². The maximum Gasteiger partial charge on any atom is 0.370 e. The largest absolute Gasteiger partial charge is 0.461 e. The number of nitrogens with one attached hydrogen (secondary N) is 1. The van der Waals surface area contributed by atoms with E-state index in [1.807, 2.05) is 0 Å². The molecule has 0 heterocycles. The Bertz CT molecular complexity index is 408. The van der Waals surface area contributed by atoms with Crippen LogP contribution in [-0.2, 0) is 9.53 Å². The van der Waals surface area contributed by atoms with Crippen molar-refractivity contribution in [1.29, 1.82) is 0 Å². The number of halogens is 2. The van der Waals surface area contributed by atoms with Gasteiger partial charge in [0, 0.05) is 5.02 Å². The lowest BCUT2D eigenvalue weighted by molar-refractivity contribution is -0.134. The Morgan fingerprint density at radius 3 is 2.94 bits per heavy atom. The predicted molar refractivity (Wildman–Crippen MR) is 65.0 cm³/mol. The van der Waals surface area contributed by atoms with Crippen LogP contribution >= 0.6 is 23.2 Å². The molecule has 0 amide bonds. The quantitative estimate of drug-likeness (QED) is 0.515. The minimum absolute atomic E-state index is 0.252. The van der Waals surface area contributed by atoms with Gasteiger partial charge in [0.15, 0.2) is 0 Å². The summed E-state index contributed by atoms with van der Waals surface area (Å²) >= 11 is 11.3. The first-order chi connectivity index (χ1) is 7.63. The average molecular weight is 261 g/mol. The van der Waals surface area contributed by atoms with E-state index in [1.165, 1.54) is 0 Å². The third-order valence-corrected chi connectivity index (χ3v) is 2.03. The van der Waals surface area contributed by atoms with Crippen LogP contribution in [0, 0.1) is 0 Å². The zero-order valence-corrected chi connectivity index (χ0v) is 10.0. The first-order valence-corrected chi connectivity index (χ1v) is 5.31. The van der Waals surface area contributed by atoms with Crippen LogP contribution < -0.4 is 5.43 Å². The van der Waals surface area contributed by atoms with Crippen LogP contribution in [0.3, 0.4) is 0 Å². The van der Waals surface area contributed by atoms with Gasteiger partial charge in [-0.2, -0.15) is 5.10 Å². The lowest BCUT2D eigenvalue weighted by Crippen LogP contribution is -2.13. The fourth-order valence-electron chi connectivity index (χ4n) is 0.908. The van der Waals surface area contributed by atoms with Crippen LogP contribution in [-0.4, -0.2) is 17.7 Å². The Labute approximate surface area is 103 Å². The molecule has 0 aromatic heterocycles. The Morgan fingerprint density at radius 2 is 2.31 bits per heavy atom. The third-order valence-electron chi connectivity index (χ3n) is 1.55. The number of hydrogen-bond donors (Lipinski definition) is 1. The Kier molecular flexibility index (Phi) is 5.08. The van der Waals surface area contributed by atoms with Crippen molar-refractivity contribution in [3.63, 3.8) is 0 Å². The molecule has 0 atom stereocenters. The van der Waals surface area contributed by atoms with Gasteiger partial charge in [-0.25, -0.2) is 4.79 Å². The SMILES string of the molecule is CCOC(=O)/C(Cl)=N\Nc1cccc(Cl)c1. The number of hydrogen-bond acceptors (Lipinski definition) is 4. The molecule has 0 aliphatic carbocycles. The maximum absolute atomic E-state index is 11.1. The summed E-state index contributed by atoms with van der Waals surface area (Å²) in [5.41, 5.74) is 3.23. The van der Waals surface area contributed by atoms with Crippen LogP contribution in [0.1, 0.15) is 6.92 Å². The van der Waals surface area contributed by atoms with Gasteiger partial charge >= 0.3 is 5.97 Å². The summed E-state index contributed by atoms with van der Waals surface area (Å²) in [5, 5.41) is 3.95. The highest BCUT2D eigenvalue weighted by molar-refractivity contribution is 6.82. The number of hydrazone groups is 1. The highest BCUT2D eigenvalue weighted by Crippen LogP contribution is 2.14. The van der Waals surface area contributed by atoms with E-state index in [0.717, 1.165) is 0 Å². The van der Waals surface area contributed by atoms with Crippen LogP contribution in [0.5, 0.6) is 0 Å². The molecule has 0 aliphatic rings. The number of rotatable bonds is 4. The third kappa shape index (κ3) is 4.08. The predicted octanol–water partition coefficient (Wildman–Crippen LogP) is 2.87. The second kappa shape index (κ2) is 6.35. The van der Waals surface area contributed by atoms with Crippen molar-refractivity contribution in [1.82, 2.24) is 0 Å². The molecule has 86 valence electrons. The van der Waals surface area contributed by atoms with Gasteiger partial charge in [-0.3, -0.25) is 5.43 Å². The lowest BCUT2D eigenvalue weighted by Gasteiger charge is -2.02. The van der Waals surface area contributed by atoms with Crippen molar-refractivity contribution in [3.8, 4) is 0 Å². The molecule has 0 saturated carbocycles. The number of nitrogens with zero attached hydrogens (tertiary/aromatic N) is 1. The summed E-state index contributed by atoms with van der Waals surface area (Å²) in [4.78, 5) is 11.1. The second-order valence-electron chi connectivity index (χ2n) is 2.75. The van der Waals surface area contributed by atoms with Crippen molar-refractivity contribution < 1.29 is 9.53 Å². The van der Waals surface area contributed by atoms with Crippen molar-refractivity contribution in [2.45, 2.75) is 6.92 Å². The number of benzene rings is 1. The van der Waals surface area contributed by atoms with Gasteiger partial charge in [-0.05, 0) is 25.1 Å². The summed E-state index contributed by atoms with van der Waals surface area (Å²) in [6, 6.07) is 6.87. The van der Waals surface area contributed by atoms with Crippen LogP contribution in [0.25, 0.3) is 0 Å². The monoisotopic (exact) mass is 260 g/mol. The van der Waals surface area contributed by atoms with Gasteiger partial charge in [0.05, 0.1) is 12.3 Å². The van der Waals surface area contributed by atoms with E-state index < -0.39 is 5.97 Å². The molecule has 1 N–H and O–H groups in total. The lowest BCUT2D eigenvalue weighted by atomic mass is 10.3. The van der Waals surface area contributed by atoms with Gasteiger partial charge in [-0.1, -0.05) is 29.3 Å². The number of ether oxygens (including phenoxy) is 1. The van der Waals surface area contributed by atoms with Crippen molar-refractivity contribution >= 4 is 40.0 Å². The fraction of sp³-hybridized carbons (Fsp3) is 0.200. The second-order valence-corrected chi connectivity index (χ2v) is 3.54. The van der Waals surface area contributed by atoms with E-state index in [4.69, 9.17) is 23.2 Å². The van der Waals surface area contributed by atoms with E-state index >= 15 is 0 Å². The molecular formula is C10H10Cl2N2O2. The molecule has 0 unspecified atom stereocenters. The maximum atomic E-state index is 11.1. The number of carbonyl (C=O) groups is 1. The number of esters is 1. The van der Waals surface area contributed by atoms with Gasteiger partial charge in [0.2, 0.25) is 5.17 Å². The molecule has 1 rings (SSSR count). The molecule has 0 saturated heterocycles. The first kappa shape index (κ1) is 12.8. The highest BCUT2D eigenvalue weighted by atomic mass is 35.5. The smallest absolute Gasteiger partial charge is 0.370 e. The summed E-state index contributed by atoms with van der Waals surface area (Å²) in [5.74, 6) is -0.668. The summed E-state index contributed by atoms with van der Waals surface area (Å²) in [6.45, 7) is 1.94. The average Bonchev–Trinajstić information content (AvgIpc) is 2.26. The molecule has 4 nitrogen and oxygen atoms in total. The summed E-state index contributed by atoms with van der Waals surface area (Å²) < 4.78 is 4.65. The van der Waals surface area contributed by atoms with Gasteiger partial charge in [-0.15, -0.1) is 0 Å². The molecule has 6 heteroatoms. The van der Waals surface area contributed by atoms with E-state index in [2.05, 4.69) is 15.3 Å². The molecule has 0 radical (unpaired) electrons. The fourth-order valence-corrected chi connectivity index (χ4v) is 1.20. The van der Waals surface area contributed by atoms with Crippen molar-refractivity contribution in [2.75, 3.05) is 12.0 Å². The van der Waals surface area contributed by atoms with Gasteiger partial charge < -0.3 is 4.74 Å². The zero-order chi connectivity index (χ0) is 12.0. The highest BCUT2D eigenvalue weighted by Gasteiger charge is 2.08. The number of carbonyl (C=O) groups excluding carboxylic acids is 1. The topological polar surface area (TPSA) is 50.7 Å². The summed E-state index contributed by atoms with van der Waals surface area (Å²) in [6.07, 6.45) is 0. The Balaban J connectivity index is 2.62. The Morgan fingerprint density at radius 1 is 1.56 bits per heavy atom. The Hall–Kier alpha value is -1.26. The minimum Gasteiger partial charge on any atom is -0.461 e. The van der Waals surface area contributed by atoms with Crippen LogP contribution in [0.4, 0.5) is 5.69 Å². The zero-order valence-electron chi connectivity index (χ0n) is 8.54. The summed E-state index contributed by atoms with van der Waals surface area (Å²) in [7, 11) is 0. The number of anilines is 1. The standard InChI is InChI=1S/C10H10Cl2N2O2/c1-2-16-10(15)9(12)14-13-8-5-3-4-7(11)6-8/h3-6,13H,2H2,1H3/b14-9+. The molecule has 1 aromatic rings. The molecule has 0 fully saturated rings. The van der Waals surface area contributed by atoms with E-state index in [-0.39, 0.29) is 11.8 Å². The molecule has 0 bridgehead atoms. The van der Waals surface area contributed by atoms with Gasteiger partial charge in [0.1, 0.15) is 0 Å². The normalized spacial score (nSPS) is 11.1. The van der Waals surface area contributed by atoms with E-state index in [9.17, 15) is 4.79 Å². The minimum atomic E-state index is -0.668. The van der Waals surface area contributed by atoms with E-state index in [1.54, 1.807) is 31.2 Å². The van der Waals surface area contributed by atoms with Crippen LogP contribution in [0.15, 0.2) is 29.4 Å². The molecule has 1 aromatic carbocycles. The van der Waals surface area contributed by atoms with E-state index in [0.29, 0.717) is 10.7 Å². The first-order valence-electron chi connectivity index (χ1n) is 4.55.